The average molecular weight is 412 g/mol. The van der Waals surface area contributed by atoms with E-state index in [4.69, 9.17) is 14.0 Å². The van der Waals surface area contributed by atoms with Crippen molar-refractivity contribution in [3.8, 4) is 6.07 Å². The van der Waals surface area contributed by atoms with Gasteiger partial charge >= 0.3 is 5.97 Å². The zero-order valence-electron chi connectivity index (χ0n) is 17.2. The minimum absolute atomic E-state index is 0.180. The van der Waals surface area contributed by atoms with E-state index in [9.17, 15) is 14.9 Å². The van der Waals surface area contributed by atoms with Crippen molar-refractivity contribution in [3.63, 3.8) is 0 Å². The number of aryl methyl sites for hydroxylation is 2. The minimum Gasteiger partial charge on any atom is -0.451 e. The summed E-state index contributed by atoms with van der Waals surface area (Å²) in [5.41, 5.74) is 2.52. The van der Waals surface area contributed by atoms with Crippen molar-refractivity contribution in [1.29, 1.82) is 5.26 Å². The summed E-state index contributed by atoms with van der Waals surface area (Å²) >= 11 is 0. The first-order chi connectivity index (χ1) is 14.4. The van der Waals surface area contributed by atoms with E-state index in [1.165, 1.54) is 12.1 Å². The monoisotopic (exact) mass is 412 g/mol. The van der Waals surface area contributed by atoms with Crippen LogP contribution in [0.4, 0.5) is 5.82 Å². The van der Waals surface area contributed by atoms with Gasteiger partial charge in [0.25, 0.3) is 5.91 Å². The molecule has 0 radical (unpaired) electrons. The molecule has 2 aromatic rings. The maximum atomic E-state index is 12.3. The van der Waals surface area contributed by atoms with Gasteiger partial charge in [0.1, 0.15) is 17.4 Å². The van der Waals surface area contributed by atoms with E-state index in [1.807, 2.05) is 26.0 Å². The molecule has 158 valence electrons. The van der Waals surface area contributed by atoms with Crippen LogP contribution in [0.3, 0.4) is 0 Å². The van der Waals surface area contributed by atoms with E-state index in [0.717, 1.165) is 42.9 Å². The van der Waals surface area contributed by atoms with Gasteiger partial charge in [0.2, 0.25) is 0 Å². The number of nitriles is 1. The van der Waals surface area contributed by atoms with Gasteiger partial charge in [-0.1, -0.05) is 5.16 Å². The average Bonchev–Trinajstić information content (AvgIpc) is 3.43. The van der Waals surface area contributed by atoms with E-state index < -0.39 is 18.5 Å². The Balaban J connectivity index is 1.63. The highest BCUT2D eigenvalue weighted by Crippen LogP contribution is 2.22. The molecular weight excluding hydrogens is 388 g/mol. The van der Waals surface area contributed by atoms with Crippen molar-refractivity contribution >= 4 is 23.8 Å². The summed E-state index contributed by atoms with van der Waals surface area (Å²) in [7, 11) is 0. The topological polar surface area (TPSA) is 119 Å². The molecular formula is C21H24N4O5. The number of nitrogens with zero attached hydrogens (tertiary/aromatic N) is 3. The van der Waals surface area contributed by atoms with Crippen molar-refractivity contribution in [3.05, 3.63) is 40.4 Å². The van der Waals surface area contributed by atoms with Crippen molar-refractivity contribution in [1.82, 2.24) is 9.72 Å². The molecule has 3 rings (SSSR count). The number of hydrogen-bond donors (Lipinski definition) is 1. The molecule has 1 amide bonds. The SMILES string of the molecule is Cc1cc(NC(=O)COC(=O)/C(C#N)=C/c2cc(C)n(C[C@H]3CCCO3)c2C)no1. The molecule has 30 heavy (non-hydrogen) atoms. The highest BCUT2D eigenvalue weighted by atomic mass is 16.5. The van der Waals surface area contributed by atoms with Crippen molar-refractivity contribution < 1.29 is 23.6 Å². The molecule has 1 atom stereocenters. The van der Waals surface area contributed by atoms with Crippen LogP contribution < -0.4 is 5.32 Å². The van der Waals surface area contributed by atoms with Crippen LogP contribution in [0, 0.1) is 32.1 Å². The van der Waals surface area contributed by atoms with Crippen LogP contribution >= 0.6 is 0 Å². The molecule has 1 fully saturated rings. The maximum absolute atomic E-state index is 12.3. The van der Waals surface area contributed by atoms with Crippen LogP contribution in [0.2, 0.25) is 0 Å². The minimum atomic E-state index is -0.868. The second kappa shape index (κ2) is 9.41. The fourth-order valence-electron chi connectivity index (χ4n) is 3.35. The highest BCUT2D eigenvalue weighted by molar-refractivity contribution is 6.00. The first kappa shape index (κ1) is 21.3. The summed E-state index contributed by atoms with van der Waals surface area (Å²) in [6, 6.07) is 5.30. The molecule has 0 saturated carbocycles. The zero-order chi connectivity index (χ0) is 21.7. The van der Waals surface area contributed by atoms with Gasteiger partial charge < -0.3 is 23.9 Å². The quantitative estimate of drug-likeness (QED) is 0.422. The zero-order valence-corrected chi connectivity index (χ0v) is 17.2. The number of esters is 1. The Hall–Kier alpha value is -3.38. The number of aromatic nitrogens is 2. The van der Waals surface area contributed by atoms with E-state index in [0.29, 0.717) is 5.76 Å². The number of anilines is 1. The normalized spacial score (nSPS) is 16.3. The Morgan fingerprint density at radius 3 is 2.83 bits per heavy atom. The van der Waals surface area contributed by atoms with Crippen molar-refractivity contribution in [2.24, 2.45) is 0 Å². The molecule has 1 N–H and O–H groups in total. The molecule has 2 aromatic heterocycles. The van der Waals surface area contributed by atoms with Gasteiger partial charge in [0, 0.05) is 30.6 Å². The first-order valence-electron chi connectivity index (χ1n) is 9.67. The molecule has 0 aromatic carbocycles. The molecule has 1 aliphatic heterocycles. The molecule has 0 unspecified atom stereocenters. The number of carbonyl (C=O) groups excluding carboxylic acids is 2. The van der Waals surface area contributed by atoms with Crippen molar-refractivity contribution in [2.75, 3.05) is 18.5 Å². The first-order valence-corrected chi connectivity index (χ1v) is 9.67. The molecule has 0 bridgehead atoms. The van der Waals surface area contributed by atoms with Crippen molar-refractivity contribution in [2.45, 2.75) is 46.3 Å². The summed E-state index contributed by atoms with van der Waals surface area (Å²) in [5.74, 6) is -0.686. The number of nitrogens with one attached hydrogen (secondary N) is 1. The molecule has 9 nitrogen and oxygen atoms in total. The lowest BCUT2D eigenvalue weighted by molar-refractivity contribution is -0.142. The Labute approximate surface area is 174 Å². The van der Waals surface area contributed by atoms with Gasteiger partial charge in [-0.05, 0) is 51.3 Å². The number of hydrogen-bond acceptors (Lipinski definition) is 7. The number of ether oxygens (including phenoxy) is 2. The second-order valence-electron chi connectivity index (χ2n) is 7.19. The maximum Gasteiger partial charge on any atom is 0.349 e. The summed E-state index contributed by atoms with van der Waals surface area (Å²) in [4.78, 5) is 24.1. The number of rotatable bonds is 7. The van der Waals surface area contributed by atoms with E-state index in [2.05, 4.69) is 15.0 Å². The fourth-order valence-corrected chi connectivity index (χ4v) is 3.35. The third-order valence-electron chi connectivity index (χ3n) is 4.89. The third kappa shape index (κ3) is 5.15. The predicted molar refractivity (Wildman–Crippen MR) is 107 cm³/mol. The van der Waals surface area contributed by atoms with E-state index >= 15 is 0 Å². The molecule has 1 aliphatic rings. The molecule has 3 heterocycles. The third-order valence-corrected chi connectivity index (χ3v) is 4.89. The fraction of sp³-hybridized carbons (Fsp3) is 0.429. The van der Waals surface area contributed by atoms with Crippen LogP contribution in [0.15, 0.2) is 22.2 Å². The summed E-state index contributed by atoms with van der Waals surface area (Å²) in [5, 5.41) is 15.5. The van der Waals surface area contributed by atoms with Gasteiger partial charge in [-0.15, -0.1) is 0 Å². The molecule has 1 saturated heterocycles. The van der Waals surface area contributed by atoms with Crippen LogP contribution in [0.1, 0.15) is 35.6 Å². The molecule has 0 spiro atoms. The lowest BCUT2D eigenvalue weighted by Crippen LogP contribution is -2.21. The van der Waals surface area contributed by atoms with Gasteiger partial charge in [0.05, 0.1) is 6.10 Å². The Morgan fingerprint density at radius 2 is 2.20 bits per heavy atom. The predicted octanol–water partition coefficient (Wildman–Crippen LogP) is 2.67. The van der Waals surface area contributed by atoms with E-state index in [1.54, 1.807) is 6.92 Å². The lowest BCUT2D eigenvalue weighted by atomic mass is 10.1. The summed E-state index contributed by atoms with van der Waals surface area (Å²) in [6.07, 6.45) is 3.74. The van der Waals surface area contributed by atoms with E-state index in [-0.39, 0.29) is 17.5 Å². The Bertz CT molecular complexity index is 1010. The number of carbonyl (C=O) groups is 2. The smallest absolute Gasteiger partial charge is 0.349 e. The lowest BCUT2D eigenvalue weighted by Gasteiger charge is -2.14. The molecule has 9 heteroatoms. The van der Waals surface area contributed by atoms with Gasteiger partial charge in [-0.2, -0.15) is 5.26 Å². The second-order valence-corrected chi connectivity index (χ2v) is 7.19. The van der Waals surface area contributed by atoms with Crippen LogP contribution in [-0.4, -0.2) is 40.9 Å². The summed E-state index contributed by atoms with van der Waals surface area (Å²) < 4.78 is 17.6. The van der Waals surface area contributed by atoms with Crippen LogP contribution in [0.5, 0.6) is 0 Å². The van der Waals surface area contributed by atoms with Gasteiger partial charge in [0.15, 0.2) is 12.4 Å². The standard InChI is InChI=1S/C21H24N4O5/c1-13-7-16(15(3)25(13)11-18-5-4-6-28-18)9-17(10-22)21(27)29-12-20(26)23-19-8-14(2)30-24-19/h7-9,18H,4-6,11-12H2,1-3H3,(H,23,24,26)/b17-9+/t18-/m1/s1. The molecule has 0 aliphatic carbocycles. The number of amides is 1. The van der Waals surface area contributed by atoms with Gasteiger partial charge in [-0.25, -0.2) is 4.79 Å². The summed E-state index contributed by atoms with van der Waals surface area (Å²) in [6.45, 7) is 6.57. The highest BCUT2D eigenvalue weighted by Gasteiger charge is 2.20. The Kier molecular flexibility index (Phi) is 6.69. The Morgan fingerprint density at radius 1 is 1.40 bits per heavy atom. The van der Waals surface area contributed by atoms with Crippen LogP contribution in [-0.2, 0) is 25.6 Å². The largest absolute Gasteiger partial charge is 0.451 e. The van der Waals surface area contributed by atoms with Gasteiger partial charge in [-0.3, -0.25) is 4.79 Å². The van der Waals surface area contributed by atoms with Crippen LogP contribution in [0.25, 0.3) is 6.08 Å².